The third-order valence-electron chi connectivity index (χ3n) is 3.75. The molecule has 0 saturated carbocycles. The van der Waals surface area contributed by atoms with Gasteiger partial charge in [0.1, 0.15) is 7.05 Å². The van der Waals surface area contributed by atoms with Crippen molar-refractivity contribution in [3.63, 3.8) is 0 Å². The number of benzene rings is 1. The quantitative estimate of drug-likeness (QED) is 0.582. The molecule has 1 aromatic heterocycles. The van der Waals surface area contributed by atoms with E-state index in [0.29, 0.717) is 0 Å². The lowest BCUT2D eigenvalue weighted by atomic mass is 9.99. The molecule has 0 N–H and O–H groups in total. The van der Waals surface area contributed by atoms with Crippen LogP contribution in [0.25, 0.3) is 11.3 Å². The van der Waals surface area contributed by atoms with Gasteiger partial charge in [-0.3, -0.25) is 0 Å². The predicted octanol–water partition coefficient (Wildman–Crippen LogP) is 3.34. The van der Waals surface area contributed by atoms with Crippen LogP contribution in [0.1, 0.15) is 11.1 Å². The highest BCUT2D eigenvalue weighted by Gasteiger charge is 2.22. The van der Waals surface area contributed by atoms with Crippen molar-refractivity contribution < 1.29 is 4.57 Å². The van der Waals surface area contributed by atoms with Gasteiger partial charge in [0.25, 0.3) is 0 Å². The Morgan fingerprint density at radius 1 is 0.947 bits per heavy atom. The molecule has 0 aliphatic carbocycles. The van der Waals surface area contributed by atoms with E-state index in [2.05, 4.69) is 81.6 Å². The first-order valence-corrected chi connectivity index (χ1v) is 10.4. The zero-order valence-corrected chi connectivity index (χ0v) is 13.9. The lowest BCUT2D eigenvalue weighted by Gasteiger charge is -2.17. The van der Waals surface area contributed by atoms with Crippen molar-refractivity contribution >= 4 is 13.3 Å². The number of aromatic nitrogens is 1. The third kappa shape index (κ3) is 2.79. The van der Waals surface area contributed by atoms with Gasteiger partial charge in [-0.15, -0.1) is 0 Å². The van der Waals surface area contributed by atoms with Gasteiger partial charge in [-0.1, -0.05) is 37.8 Å². The molecule has 0 aliphatic rings. The topological polar surface area (TPSA) is 3.88 Å². The van der Waals surface area contributed by atoms with Crippen LogP contribution in [0.4, 0.5) is 0 Å². The highest BCUT2D eigenvalue weighted by atomic mass is 28.3. The van der Waals surface area contributed by atoms with E-state index in [1.165, 1.54) is 27.6 Å². The Bertz CT molecular complexity index is 589. The number of nitrogens with zero attached hydrogens (tertiary/aromatic N) is 1. The van der Waals surface area contributed by atoms with Crippen LogP contribution >= 0.6 is 0 Å². The van der Waals surface area contributed by atoms with Crippen molar-refractivity contribution in [1.82, 2.24) is 0 Å². The Kier molecular flexibility index (Phi) is 3.63. The number of aryl methyl sites for hydroxylation is 3. The Labute approximate surface area is 117 Å². The van der Waals surface area contributed by atoms with E-state index in [0.717, 1.165) is 0 Å². The molecular formula is C17H24NSi+. The van der Waals surface area contributed by atoms with Gasteiger partial charge in [0.2, 0.25) is 5.69 Å². The normalized spacial score (nSPS) is 11.7. The van der Waals surface area contributed by atoms with Crippen LogP contribution in [0.15, 0.2) is 36.5 Å². The van der Waals surface area contributed by atoms with Crippen LogP contribution in [0.5, 0.6) is 0 Å². The molecule has 0 atom stereocenters. The number of hydrogen-bond acceptors (Lipinski definition) is 0. The van der Waals surface area contributed by atoms with Crippen molar-refractivity contribution in [2.45, 2.75) is 33.5 Å². The van der Waals surface area contributed by atoms with Gasteiger partial charge < -0.3 is 0 Å². The maximum absolute atomic E-state index is 2.40. The van der Waals surface area contributed by atoms with E-state index in [-0.39, 0.29) is 0 Å². The molecule has 0 unspecified atom stereocenters. The molecule has 2 heteroatoms. The molecule has 0 fully saturated rings. The molecule has 1 nitrogen and oxygen atoms in total. The van der Waals surface area contributed by atoms with Crippen LogP contribution in [-0.2, 0) is 7.05 Å². The van der Waals surface area contributed by atoms with E-state index >= 15 is 0 Å². The van der Waals surface area contributed by atoms with Crippen LogP contribution < -0.4 is 9.75 Å². The van der Waals surface area contributed by atoms with Crippen molar-refractivity contribution in [2.24, 2.45) is 7.05 Å². The lowest BCUT2D eigenvalue weighted by molar-refractivity contribution is -0.660. The second kappa shape index (κ2) is 4.93. The molecule has 1 aromatic carbocycles. The number of pyridine rings is 1. The minimum atomic E-state index is -1.27. The first-order chi connectivity index (χ1) is 8.80. The maximum Gasteiger partial charge on any atom is 0.212 e. The molecule has 19 heavy (non-hydrogen) atoms. The van der Waals surface area contributed by atoms with Gasteiger partial charge in [-0.2, -0.15) is 0 Å². The second-order valence-electron chi connectivity index (χ2n) is 6.43. The third-order valence-corrected chi connectivity index (χ3v) is 5.80. The monoisotopic (exact) mass is 270 g/mol. The molecule has 2 aromatic rings. The molecule has 0 aliphatic heterocycles. The summed E-state index contributed by atoms with van der Waals surface area (Å²) in [5, 5.41) is 1.52. The van der Waals surface area contributed by atoms with Gasteiger partial charge in [-0.05, 0) is 30.2 Å². The summed E-state index contributed by atoms with van der Waals surface area (Å²) in [5.41, 5.74) is 5.41. The fourth-order valence-corrected chi connectivity index (χ4v) is 3.65. The Hall–Kier alpha value is -1.41. The zero-order valence-electron chi connectivity index (χ0n) is 12.9. The summed E-state index contributed by atoms with van der Waals surface area (Å²) in [6, 6.07) is 11.2. The molecular weight excluding hydrogens is 246 g/mol. The first-order valence-electron chi connectivity index (χ1n) is 6.87. The van der Waals surface area contributed by atoms with Crippen LogP contribution in [0, 0.1) is 13.8 Å². The minimum absolute atomic E-state index is 1.27. The highest BCUT2D eigenvalue weighted by Crippen LogP contribution is 2.24. The maximum atomic E-state index is 2.40. The van der Waals surface area contributed by atoms with Crippen LogP contribution in [0.3, 0.4) is 0 Å². The van der Waals surface area contributed by atoms with Crippen molar-refractivity contribution in [3.8, 4) is 11.3 Å². The van der Waals surface area contributed by atoms with E-state index in [1.807, 2.05) is 0 Å². The summed E-state index contributed by atoms with van der Waals surface area (Å²) in [4.78, 5) is 0. The van der Waals surface area contributed by atoms with Gasteiger partial charge >= 0.3 is 0 Å². The average Bonchev–Trinajstić information content (AvgIpc) is 2.29. The Morgan fingerprint density at radius 3 is 2.05 bits per heavy atom. The minimum Gasteiger partial charge on any atom is -0.201 e. The van der Waals surface area contributed by atoms with Gasteiger partial charge in [-0.25, -0.2) is 4.57 Å². The highest BCUT2D eigenvalue weighted by molar-refractivity contribution is 6.88. The number of rotatable bonds is 2. The summed E-state index contributed by atoms with van der Waals surface area (Å²) >= 11 is 0. The lowest BCUT2D eigenvalue weighted by Crippen LogP contribution is -2.42. The molecule has 1 heterocycles. The Balaban J connectivity index is 2.69. The van der Waals surface area contributed by atoms with E-state index < -0.39 is 8.07 Å². The molecule has 0 amide bonds. The number of hydrogen-bond donors (Lipinski definition) is 0. The van der Waals surface area contributed by atoms with E-state index in [4.69, 9.17) is 0 Å². The Morgan fingerprint density at radius 2 is 1.53 bits per heavy atom. The average molecular weight is 270 g/mol. The SMILES string of the molecule is Cc1cccc(C)c1-c1cc([Si](C)(C)C)cc[n+]1C. The fraction of sp³-hybridized carbons (Fsp3) is 0.353. The predicted molar refractivity (Wildman–Crippen MR) is 85.5 cm³/mol. The molecule has 100 valence electrons. The van der Waals surface area contributed by atoms with Crippen LogP contribution in [0.2, 0.25) is 19.6 Å². The van der Waals surface area contributed by atoms with Gasteiger partial charge in [0, 0.05) is 12.1 Å². The summed E-state index contributed by atoms with van der Waals surface area (Å²) < 4.78 is 2.24. The summed E-state index contributed by atoms with van der Waals surface area (Å²) in [5.74, 6) is 0. The largest absolute Gasteiger partial charge is 0.212 e. The molecule has 2 rings (SSSR count). The summed E-state index contributed by atoms with van der Waals surface area (Å²) in [7, 11) is 0.866. The first kappa shape index (κ1) is 14.0. The fourth-order valence-electron chi connectivity index (χ4n) is 2.50. The molecule has 0 spiro atoms. The van der Waals surface area contributed by atoms with Gasteiger partial charge in [0.15, 0.2) is 6.20 Å². The van der Waals surface area contributed by atoms with Crippen LogP contribution in [-0.4, -0.2) is 8.07 Å². The van der Waals surface area contributed by atoms with Crippen molar-refractivity contribution in [2.75, 3.05) is 0 Å². The molecule has 0 saturated heterocycles. The second-order valence-corrected chi connectivity index (χ2v) is 11.5. The summed E-state index contributed by atoms with van der Waals surface area (Å²) in [6.07, 6.45) is 2.20. The summed E-state index contributed by atoms with van der Waals surface area (Å²) in [6.45, 7) is 11.6. The van der Waals surface area contributed by atoms with E-state index in [1.54, 1.807) is 0 Å². The smallest absolute Gasteiger partial charge is 0.201 e. The standard InChI is InChI=1S/C17H24NSi/c1-13-8-7-9-14(2)17(13)16-12-15(19(4,5)6)10-11-18(16)3/h7-12H,1-6H3/q+1. The van der Waals surface area contributed by atoms with E-state index in [9.17, 15) is 0 Å². The molecule has 0 bridgehead atoms. The van der Waals surface area contributed by atoms with Gasteiger partial charge in [0.05, 0.1) is 13.6 Å². The van der Waals surface area contributed by atoms with Crippen molar-refractivity contribution in [1.29, 1.82) is 0 Å². The molecule has 0 radical (unpaired) electrons. The van der Waals surface area contributed by atoms with Crippen molar-refractivity contribution in [3.05, 3.63) is 47.7 Å². The zero-order chi connectivity index (χ0) is 14.2.